The minimum absolute atomic E-state index is 0.320. The first-order valence-corrected chi connectivity index (χ1v) is 6.17. The second kappa shape index (κ2) is 5.83. The number of hydrogen-bond acceptors (Lipinski definition) is 3. The molecule has 19 heavy (non-hydrogen) atoms. The third-order valence-corrected chi connectivity index (χ3v) is 3.01. The van der Waals surface area contributed by atoms with Crippen molar-refractivity contribution < 1.29 is 4.79 Å². The van der Waals surface area contributed by atoms with E-state index in [1.54, 1.807) is 12.1 Å². The summed E-state index contributed by atoms with van der Waals surface area (Å²) < 4.78 is 0. The zero-order chi connectivity index (χ0) is 13.8. The smallest absolute Gasteiger partial charge is 0.184 e. The fraction of sp³-hybridized carbons (Fsp3) is 0.0714. The molecule has 0 saturated heterocycles. The van der Waals surface area contributed by atoms with E-state index in [0.29, 0.717) is 21.2 Å². The number of rotatable bonds is 3. The van der Waals surface area contributed by atoms with E-state index in [-0.39, 0.29) is 5.78 Å². The van der Waals surface area contributed by atoms with Crippen LogP contribution in [0.2, 0.25) is 10.0 Å². The van der Waals surface area contributed by atoms with Crippen molar-refractivity contribution in [2.45, 2.75) is 5.92 Å². The van der Waals surface area contributed by atoms with Gasteiger partial charge in [0.15, 0.2) is 5.78 Å². The molecule has 1 unspecified atom stereocenters. The van der Waals surface area contributed by atoms with E-state index in [4.69, 9.17) is 23.2 Å². The molecule has 0 fully saturated rings. The fourth-order valence-corrected chi connectivity index (χ4v) is 2.23. The highest BCUT2D eigenvalue weighted by Crippen LogP contribution is 2.24. The standard InChI is InChI=1S/C14H8Cl2N2O/c15-11-5-10(6-12(16)7-11)14(19)13(8-17)9-1-3-18-4-2-9/h1-7,13H. The van der Waals surface area contributed by atoms with Crippen LogP contribution in [-0.2, 0) is 0 Å². The van der Waals surface area contributed by atoms with Gasteiger partial charge in [0.2, 0.25) is 0 Å². The number of halogens is 2. The Kier molecular flexibility index (Phi) is 4.16. The molecule has 2 rings (SSSR count). The van der Waals surface area contributed by atoms with E-state index < -0.39 is 5.92 Å². The van der Waals surface area contributed by atoms with Gasteiger partial charge >= 0.3 is 0 Å². The Labute approximate surface area is 120 Å². The Morgan fingerprint density at radius 1 is 1.16 bits per heavy atom. The molecular weight excluding hydrogens is 283 g/mol. The first kappa shape index (κ1) is 13.5. The van der Waals surface area contributed by atoms with Gasteiger partial charge in [-0.3, -0.25) is 9.78 Å². The molecular formula is C14H8Cl2N2O. The molecule has 0 saturated carbocycles. The van der Waals surface area contributed by atoms with Crippen molar-refractivity contribution >= 4 is 29.0 Å². The van der Waals surface area contributed by atoms with E-state index in [1.807, 2.05) is 6.07 Å². The first-order valence-electron chi connectivity index (χ1n) is 5.41. The Balaban J connectivity index is 2.40. The number of benzene rings is 1. The average Bonchev–Trinajstić information content (AvgIpc) is 2.39. The first-order chi connectivity index (χ1) is 9.11. The van der Waals surface area contributed by atoms with Crippen molar-refractivity contribution in [3.8, 4) is 6.07 Å². The molecule has 1 heterocycles. The SMILES string of the molecule is N#CC(C(=O)c1cc(Cl)cc(Cl)c1)c1ccncc1. The number of nitriles is 1. The summed E-state index contributed by atoms with van der Waals surface area (Å²) in [5.74, 6) is -1.23. The lowest BCUT2D eigenvalue weighted by molar-refractivity contribution is 0.0979. The van der Waals surface area contributed by atoms with Crippen molar-refractivity contribution in [2.24, 2.45) is 0 Å². The van der Waals surface area contributed by atoms with Gasteiger partial charge in [-0.05, 0) is 35.9 Å². The summed E-state index contributed by atoms with van der Waals surface area (Å²) in [7, 11) is 0. The van der Waals surface area contributed by atoms with Crippen LogP contribution in [0.5, 0.6) is 0 Å². The van der Waals surface area contributed by atoms with E-state index in [9.17, 15) is 10.1 Å². The number of hydrogen-bond donors (Lipinski definition) is 0. The molecule has 3 nitrogen and oxygen atoms in total. The molecule has 1 aromatic carbocycles. The van der Waals surface area contributed by atoms with Crippen LogP contribution in [0.1, 0.15) is 21.8 Å². The summed E-state index contributed by atoms with van der Waals surface area (Å²) in [6.45, 7) is 0. The normalized spacial score (nSPS) is 11.6. The molecule has 0 amide bonds. The number of carbonyl (C=O) groups is 1. The highest BCUT2D eigenvalue weighted by atomic mass is 35.5. The van der Waals surface area contributed by atoms with Gasteiger partial charge in [0, 0.05) is 28.0 Å². The van der Waals surface area contributed by atoms with Crippen LogP contribution in [0.25, 0.3) is 0 Å². The molecule has 0 aliphatic carbocycles. The zero-order valence-electron chi connectivity index (χ0n) is 9.68. The molecule has 0 aliphatic rings. The number of Topliss-reactive ketones (excluding diaryl/α,β-unsaturated/α-hetero) is 1. The van der Waals surface area contributed by atoms with Crippen molar-refractivity contribution in [1.82, 2.24) is 4.98 Å². The lowest BCUT2D eigenvalue weighted by atomic mass is 9.92. The Morgan fingerprint density at radius 2 is 1.74 bits per heavy atom. The number of carbonyl (C=O) groups excluding carboxylic acids is 1. The summed E-state index contributed by atoms with van der Waals surface area (Å²) in [5, 5.41) is 9.92. The Hall–Kier alpha value is -1.89. The van der Waals surface area contributed by atoms with Gasteiger partial charge in [0.05, 0.1) is 6.07 Å². The summed E-state index contributed by atoms with van der Waals surface area (Å²) >= 11 is 11.7. The number of pyridine rings is 1. The largest absolute Gasteiger partial charge is 0.292 e. The molecule has 0 N–H and O–H groups in total. The van der Waals surface area contributed by atoms with E-state index >= 15 is 0 Å². The molecule has 94 valence electrons. The minimum Gasteiger partial charge on any atom is -0.292 e. The minimum atomic E-state index is -0.891. The molecule has 0 spiro atoms. The third kappa shape index (κ3) is 3.11. The number of ketones is 1. The van der Waals surface area contributed by atoms with Gasteiger partial charge in [-0.2, -0.15) is 5.26 Å². The third-order valence-electron chi connectivity index (χ3n) is 2.58. The van der Waals surface area contributed by atoms with Gasteiger partial charge in [-0.25, -0.2) is 0 Å². The van der Waals surface area contributed by atoms with E-state index in [0.717, 1.165) is 0 Å². The fourth-order valence-electron chi connectivity index (χ4n) is 1.70. The quantitative estimate of drug-likeness (QED) is 0.806. The molecule has 0 radical (unpaired) electrons. The van der Waals surface area contributed by atoms with Crippen molar-refractivity contribution in [2.75, 3.05) is 0 Å². The van der Waals surface area contributed by atoms with E-state index in [1.165, 1.54) is 30.6 Å². The monoisotopic (exact) mass is 290 g/mol. The summed E-state index contributed by atoms with van der Waals surface area (Å²) in [6, 6.07) is 9.80. The molecule has 1 aromatic heterocycles. The van der Waals surface area contributed by atoms with Crippen LogP contribution in [-0.4, -0.2) is 10.8 Å². The lowest BCUT2D eigenvalue weighted by Gasteiger charge is -2.09. The van der Waals surface area contributed by atoms with Gasteiger partial charge < -0.3 is 0 Å². The molecule has 1 atom stereocenters. The van der Waals surface area contributed by atoms with Crippen molar-refractivity contribution in [3.05, 3.63) is 63.9 Å². The maximum atomic E-state index is 12.3. The maximum Gasteiger partial charge on any atom is 0.184 e. The van der Waals surface area contributed by atoms with Gasteiger partial charge in [-0.1, -0.05) is 23.2 Å². The second-order valence-corrected chi connectivity index (χ2v) is 4.74. The van der Waals surface area contributed by atoms with Crippen molar-refractivity contribution in [1.29, 1.82) is 5.26 Å². The molecule has 2 aromatic rings. The number of nitrogens with zero attached hydrogens (tertiary/aromatic N) is 2. The maximum absolute atomic E-state index is 12.3. The summed E-state index contributed by atoms with van der Waals surface area (Å²) in [6.07, 6.45) is 3.08. The van der Waals surface area contributed by atoms with Crippen LogP contribution < -0.4 is 0 Å². The Bertz CT molecular complexity index is 630. The van der Waals surface area contributed by atoms with Crippen LogP contribution in [0.4, 0.5) is 0 Å². The Morgan fingerprint density at radius 3 is 2.26 bits per heavy atom. The topological polar surface area (TPSA) is 53.8 Å². The van der Waals surface area contributed by atoms with Gasteiger partial charge in [-0.15, -0.1) is 0 Å². The summed E-state index contributed by atoms with van der Waals surface area (Å²) in [4.78, 5) is 16.2. The number of aromatic nitrogens is 1. The van der Waals surface area contributed by atoms with Gasteiger partial charge in [0.25, 0.3) is 0 Å². The van der Waals surface area contributed by atoms with Crippen molar-refractivity contribution in [3.63, 3.8) is 0 Å². The van der Waals surface area contributed by atoms with Crippen LogP contribution in [0.3, 0.4) is 0 Å². The molecule has 5 heteroatoms. The predicted octanol–water partition coefficient (Wildman–Crippen LogP) is 3.88. The van der Waals surface area contributed by atoms with Crippen LogP contribution >= 0.6 is 23.2 Å². The molecule has 0 bridgehead atoms. The summed E-state index contributed by atoms with van der Waals surface area (Å²) in [5.41, 5.74) is 0.916. The predicted molar refractivity (Wildman–Crippen MR) is 73.4 cm³/mol. The second-order valence-electron chi connectivity index (χ2n) is 3.87. The lowest BCUT2D eigenvalue weighted by Crippen LogP contribution is -2.11. The average molecular weight is 291 g/mol. The van der Waals surface area contributed by atoms with E-state index in [2.05, 4.69) is 4.98 Å². The molecule has 0 aliphatic heterocycles. The van der Waals surface area contributed by atoms with Gasteiger partial charge in [0.1, 0.15) is 5.92 Å². The highest BCUT2D eigenvalue weighted by molar-refractivity contribution is 6.35. The van der Waals surface area contributed by atoms with Crippen LogP contribution in [0, 0.1) is 11.3 Å². The highest BCUT2D eigenvalue weighted by Gasteiger charge is 2.22. The van der Waals surface area contributed by atoms with Crippen LogP contribution in [0.15, 0.2) is 42.7 Å². The zero-order valence-corrected chi connectivity index (χ0v) is 11.2.